The molecule has 0 radical (unpaired) electrons. The fraction of sp³-hybridized carbons (Fsp3) is 0.500. The van der Waals surface area contributed by atoms with E-state index in [4.69, 9.17) is 10.5 Å². The minimum atomic E-state index is 0. The highest BCUT2D eigenvalue weighted by molar-refractivity contribution is 5.85. The maximum Gasteiger partial charge on any atom is 0.220 e. The third-order valence-electron chi connectivity index (χ3n) is 2.65. The fourth-order valence-corrected chi connectivity index (χ4v) is 1.57. The van der Waals surface area contributed by atoms with Gasteiger partial charge in [-0.25, -0.2) is 0 Å². The summed E-state index contributed by atoms with van der Waals surface area (Å²) in [6.45, 7) is 3.08. The average molecular weight is 287 g/mol. The molecule has 1 atom stereocenters. The normalized spacial score (nSPS) is 11.5. The molecule has 0 aromatic heterocycles. The van der Waals surface area contributed by atoms with Crippen LogP contribution < -0.4 is 11.1 Å². The first-order chi connectivity index (χ1) is 8.61. The van der Waals surface area contributed by atoms with Gasteiger partial charge in [-0.2, -0.15) is 0 Å². The SMILES string of the molecule is COCc1ccc(CNC(=O)CCC(C)N)cc1.Cl. The maximum absolute atomic E-state index is 11.5. The minimum Gasteiger partial charge on any atom is -0.380 e. The molecule has 1 aromatic rings. The van der Waals surface area contributed by atoms with E-state index in [0.717, 1.165) is 17.5 Å². The van der Waals surface area contributed by atoms with E-state index in [1.807, 2.05) is 31.2 Å². The molecule has 4 nitrogen and oxygen atoms in total. The zero-order chi connectivity index (χ0) is 13.4. The monoisotopic (exact) mass is 286 g/mol. The number of carbonyl (C=O) groups is 1. The standard InChI is InChI=1S/C14H22N2O2.ClH/c1-11(15)3-8-14(17)16-9-12-4-6-13(7-5-12)10-18-2;/h4-7,11H,3,8-10,15H2,1-2H3,(H,16,17);1H. The number of nitrogens with two attached hydrogens (primary N) is 1. The van der Waals surface area contributed by atoms with Gasteiger partial charge >= 0.3 is 0 Å². The Morgan fingerprint density at radius 1 is 1.32 bits per heavy atom. The first kappa shape index (κ1) is 17.9. The van der Waals surface area contributed by atoms with Gasteiger partial charge in [0.05, 0.1) is 6.61 Å². The third kappa shape index (κ3) is 7.82. The van der Waals surface area contributed by atoms with Crippen LogP contribution >= 0.6 is 12.4 Å². The van der Waals surface area contributed by atoms with Crippen molar-refractivity contribution in [3.05, 3.63) is 35.4 Å². The molecule has 0 aliphatic carbocycles. The molecule has 1 aromatic carbocycles. The summed E-state index contributed by atoms with van der Waals surface area (Å²) in [5.41, 5.74) is 7.82. The van der Waals surface area contributed by atoms with Crippen LogP contribution in [0.5, 0.6) is 0 Å². The Kier molecular flexibility index (Phi) is 9.21. The van der Waals surface area contributed by atoms with Crippen LogP contribution in [-0.4, -0.2) is 19.1 Å². The molecule has 5 heteroatoms. The van der Waals surface area contributed by atoms with E-state index in [1.54, 1.807) is 7.11 Å². The lowest BCUT2D eigenvalue weighted by molar-refractivity contribution is -0.121. The quantitative estimate of drug-likeness (QED) is 0.806. The Hall–Kier alpha value is -1.10. The lowest BCUT2D eigenvalue weighted by Crippen LogP contribution is -2.25. The summed E-state index contributed by atoms with van der Waals surface area (Å²) in [4.78, 5) is 11.5. The van der Waals surface area contributed by atoms with Crippen LogP contribution in [-0.2, 0) is 22.7 Å². The van der Waals surface area contributed by atoms with E-state index in [0.29, 0.717) is 19.6 Å². The van der Waals surface area contributed by atoms with Gasteiger partial charge in [-0.05, 0) is 24.5 Å². The lowest BCUT2D eigenvalue weighted by atomic mass is 10.1. The minimum absolute atomic E-state index is 0. The van der Waals surface area contributed by atoms with Gasteiger partial charge in [0.2, 0.25) is 5.91 Å². The van der Waals surface area contributed by atoms with Gasteiger partial charge in [-0.1, -0.05) is 24.3 Å². The molecule has 0 bridgehead atoms. The number of halogens is 1. The van der Waals surface area contributed by atoms with Crippen LogP contribution in [0.3, 0.4) is 0 Å². The van der Waals surface area contributed by atoms with E-state index in [-0.39, 0.29) is 24.4 Å². The van der Waals surface area contributed by atoms with Crippen molar-refractivity contribution in [1.82, 2.24) is 5.32 Å². The summed E-state index contributed by atoms with van der Waals surface area (Å²) in [5, 5.41) is 2.88. The van der Waals surface area contributed by atoms with Crippen molar-refractivity contribution in [2.45, 2.75) is 39.0 Å². The van der Waals surface area contributed by atoms with Crippen LogP contribution in [0.1, 0.15) is 30.9 Å². The van der Waals surface area contributed by atoms with E-state index in [2.05, 4.69) is 5.32 Å². The highest BCUT2D eigenvalue weighted by atomic mass is 35.5. The van der Waals surface area contributed by atoms with Gasteiger partial charge in [-0.15, -0.1) is 12.4 Å². The van der Waals surface area contributed by atoms with Gasteiger partial charge in [0.25, 0.3) is 0 Å². The van der Waals surface area contributed by atoms with Crippen LogP contribution in [0.25, 0.3) is 0 Å². The van der Waals surface area contributed by atoms with E-state index in [9.17, 15) is 4.79 Å². The zero-order valence-corrected chi connectivity index (χ0v) is 12.3. The molecular formula is C14H23ClN2O2. The number of ether oxygens (including phenoxy) is 1. The molecule has 0 aliphatic heterocycles. The van der Waals surface area contributed by atoms with E-state index >= 15 is 0 Å². The number of carbonyl (C=O) groups excluding carboxylic acids is 1. The van der Waals surface area contributed by atoms with Crippen molar-refractivity contribution in [3.63, 3.8) is 0 Å². The third-order valence-corrected chi connectivity index (χ3v) is 2.65. The second kappa shape index (κ2) is 9.78. The molecule has 0 fully saturated rings. The highest BCUT2D eigenvalue weighted by Crippen LogP contribution is 2.05. The van der Waals surface area contributed by atoms with Crippen molar-refractivity contribution in [3.8, 4) is 0 Å². The molecule has 0 spiro atoms. The largest absolute Gasteiger partial charge is 0.380 e. The van der Waals surface area contributed by atoms with Crippen molar-refractivity contribution < 1.29 is 9.53 Å². The van der Waals surface area contributed by atoms with Crippen LogP contribution in [0.4, 0.5) is 0 Å². The number of methoxy groups -OCH3 is 1. The fourth-order valence-electron chi connectivity index (χ4n) is 1.57. The zero-order valence-electron chi connectivity index (χ0n) is 11.5. The maximum atomic E-state index is 11.5. The molecule has 3 N–H and O–H groups in total. The highest BCUT2D eigenvalue weighted by Gasteiger charge is 2.03. The predicted octanol–water partition coefficient (Wildman–Crippen LogP) is 2.00. The molecule has 19 heavy (non-hydrogen) atoms. The Bertz CT molecular complexity index is 366. The van der Waals surface area contributed by atoms with Gasteiger partial charge in [0, 0.05) is 26.1 Å². The molecule has 0 saturated heterocycles. The smallest absolute Gasteiger partial charge is 0.220 e. The number of nitrogens with one attached hydrogen (secondary N) is 1. The summed E-state index contributed by atoms with van der Waals surface area (Å²) in [6, 6.07) is 8.09. The average Bonchev–Trinajstić information content (AvgIpc) is 2.36. The van der Waals surface area contributed by atoms with Gasteiger partial charge in [0.1, 0.15) is 0 Å². The molecule has 0 aliphatic rings. The van der Waals surface area contributed by atoms with Crippen LogP contribution in [0.2, 0.25) is 0 Å². The number of rotatable bonds is 7. The Labute approximate surface area is 121 Å². The molecule has 1 amide bonds. The number of amides is 1. The molecule has 108 valence electrons. The second-order valence-electron chi connectivity index (χ2n) is 4.54. The topological polar surface area (TPSA) is 64.3 Å². The number of hydrogen-bond donors (Lipinski definition) is 2. The molecule has 0 heterocycles. The molecule has 1 unspecified atom stereocenters. The van der Waals surface area contributed by atoms with Gasteiger partial charge in [0.15, 0.2) is 0 Å². The number of benzene rings is 1. The summed E-state index contributed by atoms with van der Waals surface area (Å²) in [5.74, 6) is 0.0493. The molecular weight excluding hydrogens is 264 g/mol. The Morgan fingerprint density at radius 3 is 2.42 bits per heavy atom. The molecule has 1 rings (SSSR count). The van der Waals surface area contributed by atoms with Crippen molar-refractivity contribution in [1.29, 1.82) is 0 Å². The Morgan fingerprint density at radius 2 is 1.89 bits per heavy atom. The van der Waals surface area contributed by atoms with Crippen molar-refractivity contribution in [2.75, 3.05) is 7.11 Å². The van der Waals surface area contributed by atoms with Crippen molar-refractivity contribution >= 4 is 18.3 Å². The molecule has 0 saturated carbocycles. The first-order valence-corrected chi connectivity index (χ1v) is 6.21. The Balaban J connectivity index is 0.00000324. The summed E-state index contributed by atoms with van der Waals surface area (Å²) in [7, 11) is 1.67. The number of hydrogen-bond acceptors (Lipinski definition) is 3. The summed E-state index contributed by atoms with van der Waals surface area (Å²) < 4.78 is 5.04. The van der Waals surface area contributed by atoms with Crippen molar-refractivity contribution in [2.24, 2.45) is 5.73 Å². The van der Waals surface area contributed by atoms with Gasteiger partial charge < -0.3 is 15.8 Å². The summed E-state index contributed by atoms with van der Waals surface area (Å²) in [6.07, 6.45) is 1.21. The van der Waals surface area contributed by atoms with E-state index in [1.165, 1.54) is 0 Å². The van der Waals surface area contributed by atoms with E-state index < -0.39 is 0 Å². The first-order valence-electron chi connectivity index (χ1n) is 6.21. The van der Waals surface area contributed by atoms with Crippen LogP contribution in [0, 0.1) is 0 Å². The predicted molar refractivity (Wildman–Crippen MR) is 79.1 cm³/mol. The van der Waals surface area contributed by atoms with Gasteiger partial charge in [-0.3, -0.25) is 4.79 Å². The van der Waals surface area contributed by atoms with Crippen LogP contribution in [0.15, 0.2) is 24.3 Å². The second-order valence-corrected chi connectivity index (χ2v) is 4.54. The summed E-state index contributed by atoms with van der Waals surface area (Å²) >= 11 is 0. The lowest BCUT2D eigenvalue weighted by Gasteiger charge is -2.07.